The summed E-state index contributed by atoms with van der Waals surface area (Å²) in [5.74, 6) is -0.460. The summed E-state index contributed by atoms with van der Waals surface area (Å²) in [7, 11) is 0. The average Bonchev–Trinajstić information content (AvgIpc) is 3.08. The van der Waals surface area contributed by atoms with Gasteiger partial charge in [0.1, 0.15) is 15.9 Å². The van der Waals surface area contributed by atoms with E-state index in [1.165, 1.54) is 17.5 Å². The Morgan fingerprint density at radius 3 is 2.68 bits per heavy atom. The fourth-order valence-corrected chi connectivity index (χ4v) is 3.48. The zero-order valence-electron chi connectivity index (χ0n) is 11.2. The van der Waals surface area contributed by atoms with Crippen molar-refractivity contribution in [3.05, 3.63) is 39.3 Å². The Balaban J connectivity index is 1.78. The summed E-state index contributed by atoms with van der Waals surface area (Å²) in [6.07, 6.45) is 2.08. The zero-order valence-corrected chi connectivity index (χ0v) is 13.6. The molecule has 1 aliphatic heterocycles. The Labute approximate surface area is 140 Å². The minimum absolute atomic E-state index is 0.153. The lowest BCUT2D eigenvalue weighted by atomic mass is 10.2. The molecule has 0 radical (unpaired) electrons. The van der Waals surface area contributed by atoms with Gasteiger partial charge in [0.05, 0.1) is 6.20 Å². The number of hydrogen-bond donors (Lipinski definition) is 2. The van der Waals surface area contributed by atoms with E-state index >= 15 is 0 Å². The Hall–Kier alpha value is -1.63. The van der Waals surface area contributed by atoms with Crippen LogP contribution in [0.2, 0.25) is 10.0 Å². The maximum atomic E-state index is 12.2. The summed E-state index contributed by atoms with van der Waals surface area (Å²) in [5.41, 5.74) is 0.750. The largest absolute Gasteiger partial charge is 0.354 e. The van der Waals surface area contributed by atoms with Crippen LogP contribution in [0.25, 0.3) is 10.6 Å². The number of halogens is 2. The molecular weight excluding hydrogens is 345 g/mol. The van der Waals surface area contributed by atoms with Crippen LogP contribution in [0.15, 0.2) is 24.4 Å². The van der Waals surface area contributed by atoms with Gasteiger partial charge < -0.3 is 10.6 Å². The van der Waals surface area contributed by atoms with E-state index in [0.717, 1.165) is 5.56 Å². The third kappa shape index (κ3) is 3.24. The third-order valence-corrected chi connectivity index (χ3v) is 4.67. The Kier molecular flexibility index (Phi) is 4.33. The standard InChI is InChI=1S/C14H11Cl2N3O2S/c15-8-3-7(4-9(16)5-8)14-18-6-11(22-14)13(21)19-10-1-2-17-12(10)20/h3-6,10H,1-2H2,(H,17,20)(H,19,21). The summed E-state index contributed by atoms with van der Waals surface area (Å²) >= 11 is 13.2. The van der Waals surface area contributed by atoms with Gasteiger partial charge in [-0.25, -0.2) is 4.98 Å². The first-order chi connectivity index (χ1) is 10.5. The molecule has 2 heterocycles. The summed E-state index contributed by atoms with van der Waals surface area (Å²) < 4.78 is 0. The molecular formula is C14H11Cl2N3O2S. The molecule has 0 bridgehead atoms. The van der Waals surface area contributed by atoms with Crippen molar-refractivity contribution in [2.75, 3.05) is 6.54 Å². The molecule has 0 spiro atoms. The normalized spacial score (nSPS) is 17.4. The van der Waals surface area contributed by atoms with Gasteiger partial charge in [-0.15, -0.1) is 11.3 Å². The number of nitrogens with one attached hydrogen (secondary N) is 2. The number of thiazole rings is 1. The van der Waals surface area contributed by atoms with Crippen LogP contribution in [0.4, 0.5) is 0 Å². The molecule has 0 aliphatic carbocycles. The maximum Gasteiger partial charge on any atom is 0.263 e. The summed E-state index contributed by atoms with van der Waals surface area (Å²) in [6.45, 7) is 0.582. The molecule has 1 unspecified atom stereocenters. The number of benzene rings is 1. The molecule has 2 N–H and O–H groups in total. The second-order valence-electron chi connectivity index (χ2n) is 4.79. The molecule has 1 aromatic carbocycles. The first-order valence-electron chi connectivity index (χ1n) is 6.54. The second-order valence-corrected chi connectivity index (χ2v) is 6.70. The van der Waals surface area contributed by atoms with Crippen molar-refractivity contribution in [2.45, 2.75) is 12.5 Å². The summed E-state index contributed by atoms with van der Waals surface area (Å²) in [4.78, 5) is 28.3. The van der Waals surface area contributed by atoms with Crippen molar-refractivity contribution in [2.24, 2.45) is 0 Å². The van der Waals surface area contributed by atoms with Crippen LogP contribution in [-0.2, 0) is 4.79 Å². The number of carbonyl (C=O) groups is 2. The van der Waals surface area contributed by atoms with E-state index < -0.39 is 6.04 Å². The van der Waals surface area contributed by atoms with Crippen molar-refractivity contribution < 1.29 is 9.59 Å². The first-order valence-corrected chi connectivity index (χ1v) is 8.11. The summed E-state index contributed by atoms with van der Waals surface area (Å²) in [6, 6.07) is 4.63. The second kappa shape index (κ2) is 6.24. The highest BCUT2D eigenvalue weighted by Crippen LogP contribution is 2.30. The van der Waals surface area contributed by atoms with Gasteiger partial charge in [-0.3, -0.25) is 9.59 Å². The number of nitrogens with zero attached hydrogens (tertiary/aromatic N) is 1. The molecule has 2 aromatic rings. The molecule has 114 valence electrons. The lowest BCUT2D eigenvalue weighted by Crippen LogP contribution is -2.39. The molecule has 8 heteroatoms. The lowest BCUT2D eigenvalue weighted by Gasteiger charge is -2.07. The highest BCUT2D eigenvalue weighted by Gasteiger charge is 2.26. The van der Waals surface area contributed by atoms with Crippen molar-refractivity contribution in [1.29, 1.82) is 0 Å². The number of rotatable bonds is 3. The summed E-state index contributed by atoms with van der Waals surface area (Å²) in [5, 5.41) is 7.03. The van der Waals surface area contributed by atoms with Crippen LogP contribution in [0, 0.1) is 0 Å². The number of aromatic nitrogens is 1. The predicted molar refractivity (Wildman–Crippen MR) is 86.5 cm³/mol. The van der Waals surface area contributed by atoms with Crippen LogP contribution in [0.5, 0.6) is 0 Å². The van der Waals surface area contributed by atoms with Crippen LogP contribution in [-0.4, -0.2) is 29.4 Å². The minimum Gasteiger partial charge on any atom is -0.354 e. The number of amides is 2. The molecule has 22 heavy (non-hydrogen) atoms. The van der Waals surface area contributed by atoms with Crippen molar-refractivity contribution in [3.63, 3.8) is 0 Å². The van der Waals surface area contributed by atoms with Crippen LogP contribution in [0.3, 0.4) is 0 Å². The Morgan fingerprint density at radius 1 is 1.32 bits per heavy atom. The molecule has 2 amide bonds. The predicted octanol–water partition coefficient (Wildman–Crippen LogP) is 2.74. The van der Waals surface area contributed by atoms with Crippen LogP contribution >= 0.6 is 34.5 Å². The van der Waals surface area contributed by atoms with Gasteiger partial charge >= 0.3 is 0 Å². The highest BCUT2D eigenvalue weighted by molar-refractivity contribution is 7.16. The quantitative estimate of drug-likeness (QED) is 0.888. The van der Waals surface area contributed by atoms with E-state index in [-0.39, 0.29) is 11.8 Å². The monoisotopic (exact) mass is 355 g/mol. The van der Waals surface area contributed by atoms with Crippen molar-refractivity contribution in [3.8, 4) is 10.6 Å². The fraction of sp³-hybridized carbons (Fsp3) is 0.214. The number of carbonyl (C=O) groups excluding carboxylic acids is 2. The fourth-order valence-electron chi connectivity index (χ4n) is 2.15. The van der Waals surface area contributed by atoms with E-state index in [1.807, 2.05) is 0 Å². The van der Waals surface area contributed by atoms with Gasteiger partial charge in [0.25, 0.3) is 5.91 Å². The van der Waals surface area contributed by atoms with Gasteiger partial charge in [-0.05, 0) is 24.6 Å². The molecule has 1 aliphatic rings. The van der Waals surface area contributed by atoms with E-state index in [9.17, 15) is 9.59 Å². The van der Waals surface area contributed by atoms with Crippen LogP contribution in [0.1, 0.15) is 16.1 Å². The molecule has 1 atom stereocenters. The molecule has 5 nitrogen and oxygen atoms in total. The van der Waals surface area contributed by atoms with E-state index in [0.29, 0.717) is 32.9 Å². The topological polar surface area (TPSA) is 71.1 Å². The third-order valence-electron chi connectivity index (χ3n) is 3.19. The van der Waals surface area contributed by atoms with Crippen molar-refractivity contribution >= 4 is 46.4 Å². The maximum absolute atomic E-state index is 12.2. The van der Waals surface area contributed by atoms with Gasteiger partial charge in [-0.1, -0.05) is 23.2 Å². The van der Waals surface area contributed by atoms with Gasteiger partial charge in [0.2, 0.25) is 5.91 Å². The molecule has 1 saturated heterocycles. The average molecular weight is 356 g/mol. The highest BCUT2D eigenvalue weighted by atomic mass is 35.5. The molecule has 1 aromatic heterocycles. The zero-order chi connectivity index (χ0) is 15.7. The van der Waals surface area contributed by atoms with Crippen LogP contribution < -0.4 is 10.6 Å². The SMILES string of the molecule is O=C(NC1CCNC1=O)c1cnc(-c2cc(Cl)cc(Cl)c2)s1. The van der Waals surface area contributed by atoms with E-state index in [1.54, 1.807) is 18.2 Å². The number of hydrogen-bond acceptors (Lipinski definition) is 4. The van der Waals surface area contributed by atoms with Gasteiger partial charge in [0.15, 0.2) is 0 Å². The first kappa shape index (κ1) is 15.3. The van der Waals surface area contributed by atoms with Gasteiger partial charge in [-0.2, -0.15) is 0 Å². The Bertz CT molecular complexity index is 727. The van der Waals surface area contributed by atoms with Crippen molar-refractivity contribution in [1.82, 2.24) is 15.6 Å². The smallest absolute Gasteiger partial charge is 0.263 e. The minimum atomic E-state index is -0.473. The van der Waals surface area contributed by atoms with E-state index in [2.05, 4.69) is 15.6 Å². The molecule has 1 fully saturated rings. The van der Waals surface area contributed by atoms with Gasteiger partial charge in [0, 0.05) is 22.2 Å². The molecule has 0 saturated carbocycles. The molecule has 3 rings (SSSR count). The Morgan fingerprint density at radius 2 is 2.05 bits per heavy atom. The van der Waals surface area contributed by atoms with E-state index in [4.69, 9.17) is 23.2 Å². The lowest BCUT2D eigenvalue weighted by molar-refractivity contribution is -0.120.